The molecule has 1 atom stereocenters. The number of thiazole rings is 1. The number of amides is 1. The van der Waals surface area contributed by atoms with E-state index in [1.165, 1.54) is 4.90 Å². The second-order valence-corrected chi connectivity index (χ2v) is 7.69. The Balaban J connectivity index is 1.66. The van der Waals surface area contributed by atoms with E-state index in [-0.39, 0.29) is 5.91 Å². The summed E-state index contributed by atoms with van der Waals surface area (Å²) in [5.74, 6) is -0.986. The van der Waals surface area contributed by atoms with Crippen LogP contribution in [0.15, 0.2) is 22.7 Å². The molecule has 1 aromatic carbocycles. The minimum atomic E-state index is -0.900. The number of carbonyl (C=O) groups excluding carboxylic acids is 1. The molecule has 0 radical (unpaired) electrons. The highest BCUT2D eigenvalue weighted by molar-refractivity contribution is 9.10. The van der Waals surface area contributed by atoms with Crippen molar-refractivity contribution in [1.29, 1.82) is 0 Å². The Kier molecular flexibility index (Phi) is 4.96. The van der Waals surface area contributed by atoms with Crippen molar-refractivity contribution in [2.75, 3.05) is 6.54 Å². The highest BCUT2D eigenvalue weighted by atomic mass is 79.9. The van der Waals surface area contributed by atoms with E-state index in [0.717, 1.165) is 32.5 Å². The first-order valence-electron chi connectivity index (χ1n) is 7.62. The van der Waals surface area contributed by atoms with E-state index in [1.807, 2.05) is 18.2 Å². The van der Waals surface area contributed by atoms with Crippen molar-refractivity contribution in [2.45, 2.75) is 38.1 Å². The summed E-state index contributed by atoms with van der Waals surface area (Å²) in [7, 11) is 0. The number of nitrogens with zero attached hydrogens (tertiary/aromatic N) is 2. The zero-order valence-corrected chi connectivity index (χ0v) is 14.9. The molecule has 1 amide bonds. The van der Waals surface area contributed by atoms with E-state index in [2.05, 4.69) is 20.9 Å². The smallest absolute Gasteiger partial charge is 0.326 e. The second kappa shape index (κ2) is 6.97. The Hall–Kier alpha value is -1.47. The summed E-state index contributed by atoms with van der Waals surface area (Å²) < 4.78 is 2.08. The molecular formula is C16H17BrN2O3S. The molecule has 1 saturated heterocycles. The summed E-state index contributed by atoms with van der Waals surface area (Å²) in [6.45, 7) is 0.544. The highest BCUT2D eigenvalue weighted by Gasteiger charge is 2.31. The van der Waals surface area contributed by atoms with Crippen LogP contribution >= 0.6 is 27.3 Å². The number of aryl methyl sites for hydroxylation is 1. The van der Waals surface area contributed by atoms with Crippen LogP contribution in [0.25, 0.3) is 10.2 Å². The molecule has 7 heteroatoms. The largest absolute Gasteiger partial charge is 0.480 e. The van der Waals surface area contributed by atoms with Crippen molar-refractivity contribution in [3.63, 3.8) is 0 Å². The molecule has 5 nitrogen and oxygen atoms in total. The maximum atomic E-state index is 12.4. The number of aromatic nitrogens is 1. The molecule has 2 heterocycles. The minimum Gasteiger partial charge on any atom is -0.480 e. The lowest BCUT2D eigenvalue weighted by Gasteiger charge is -2.33. The SMILES string of the molecule is O=C(O)C1CCCCN1C(=O)CCc1nc2cc(Br)ccc2s1. The van der Waals surface area contributed by atoms with Crippen molar-refractivity contribution >= 4 is 49.4 Å². The van der Waals surface area contributed by atoms with Crippen LogP contribution < -0.4 is 0 Å². The average Bonchev–Trinajstić information content (AvgIpc) is 2.94. The Morgan fingerprint density at radius 2 is 2.22 bits per heavy atom. The summed E-state index contributed by atoms with van der Waals surface area (Å²) in [4.78, 5) is 29.7. The van der Waals surface area contributed by atoms with Gasteiger partial charge in [0.25, 0.3) is 0 Å². The number of piperidine rings is 1. The quantitative estimate of drug-likeness (QED) is 0.858. The fourth-order valence-electron chi connectivity index (χ4n) is 2.90. The van der Waals surface area contributed by atoms with Gasteiger partial charge in [0.1, 0.15) is 6.04 Å². The summed E-state index contributed by atoms with van der Waals surface area (Å²) in [5.41, 5.74) is 0.924. The Morgan fingerprint density at radius 3 is 3.00 bits per heavy atom. The molecular weight excluding hydrogens is 380 g/mol. The van der Waals surface area contributed by atoms with Crippen molar-refractivity contribution in [3.8, 4) is 0 Å². The molecule has 23 heavy (non-hydrogen) atoms. The lowest BCUT2D eigenvalue weighted by molar-refractivity contribution is -0.152. The van der Waals surface area contributed by atoms with E-state index in [0.29, 0.717) is 25.8 Å². The zero-order chi connectivity index (χ0) is 16.4. The van der Waals surface area contributed by atoms with Gasteiger partial charge in [0.2, 0.25) is 5.91 Å². The fraction of sp³-hybridized carbons (Fsp3) is 0.438. The molecule has 2 aromatic rings. The van der Waals surface area contributed by atoms with Crippen LogP contribution in [0.5, 0.6) is 0 Å². The van der Waals surface area contributed by atoms with Crippen LogP contribution in [0.4, 0.5) is 0 Å². The number of aliphatic carboxylic acids is 1. The number of rotatable bonds is 4. The van der Waals surface area contributed by atoms with E-state index in [4.69, 9.17) is 0 Å². The molecule has 1 aromatic heterocycles. The lowest BCUT2D eigenvalue weighted by Crippen LogP contribution is -2.48. The number of likely N-dealkylation sites (tertiary alicyclic amines) is 1. The van der Waals surface area contributed by atoms with Gasteiger partial charge in [-0.3, -0.25) is 4.79 Å². The van der Waals surface area contributed by atoms with Crippen molar-refractivity contribution in [3.05, 3.63) is 27.7 Å². The van der Waals surface area contributed by atoms with Crippen LogP contribution in [0.2, 0.25) is 0 Å². The van der Waals surface area contributed by atoms with Gasteiger partial charge in [-0.25, -0.2) is 9.78 Å². The molecule has 1 aliphatic rings. The summed E-state index contributed by atoms with van der Waals surface area (Å²) >= 11 is 5.01. The first kappa shape index (κ1) is 16.4. The maximum absolute atomic E-state index is 12.4. The molecule has 1 unspecified atom stereocenters. The topological polar surface area (TPSA) is 70.5 Å². The molecule has 122 valence electrons. The number of carbonyl (C=O) groups is 2. The van der Waals surface area contributed by atoms with Gasteiger partial charge in [-0.1, -0.05) is 15.9 Å². The first-order valence-corrected chi connectivity index (χ1v) is 9.23. The van der Waals surface area contributed by atoms with Gasteiger partial charge in [-0.05, 0) is 37.5 Å². The standard InChI is InChI=1S/C16H17BrN2O3S/c17-10-4-5-13-11(9-10)18-14(23-13)6-7-15(20)19-8-2-1-3-12(19)16(21)22/h4-5,9,12H,1-3,6-8H2,(H,21,22). The zero-order valence-electron chi connectivity index (χ0n) is 12.5. The molecule has 0 aliphatic carbocycles. The van der Waals surface area contributed by atoms with Gasteiger partial charge in [-0.2, -0.15) is 0 Å². The van der Waals surface area contributed by atoms with Gasteiger partial charge < -0.3 is 10.0 Å². The van der Waals surface area contributed by atoms with E-state index >= 15 is 0 Å². The number of benzene rings is 1. The predicted octanol–water partition coefficient (Wildman–Crippen LogP) is 3.46. The minimum absolute atomic E-state index is 0.0856. The summed E-state index contributed by atoms with van der Waals surface area (Å²) in [6, 6.07) is 5.28. The third-order valence-corrected chi connectivity index (χ3v) is 5.64. The Labute approximate surface area is 146 Å². The Morgan fingerprint density at radius 1 is 1.39 bits per heavy atom. The highest BCUT2D eigenvalue weighted by Crippen LogP contribution is 2.26. The van der Waals surface area contributed by atoms with Gasteiger partial charge in [0.05, 0.1) is 15.2 Å². The van der Waals surface area contributed by atoms with Crippen LogP contribution in [0.3, 0.4) is 0 Å². The second-order valence-electron chi connectivity index (χ2n) is 5.66. The molecule has 1 N–H and O–H groups in total. The Bertz CT molecular complexity index is 746. The summed E-state index contributed by atoms with van der Waals surface area (Å²) in [5, 5.41) is 10.2. The van der Waals surface area contributed by atoms with Gasteiger partial charge in [0.15, 0.2) is 0 Å². The van der Waals surface area contributed by atoms with Gasteiger partial charge in [-0.15, -0.1) is 11.3 Å². The molecule has 1 fully saturated rings. The third kappa shape index (κ3) is 3.72. The molecule has 3 rings (SSSR count). The average molecular weight is 397 g/mol. The van der Waals surface area contributed by atoms with E-state index in [1.54, 1.807) is 11.3 Å². The molecule has 1 aliphatic heterocycles. The number of carboxylic acids is 1. The molecule has 0 spiro atoms. The van der Waals surface area contributed by atoms with Crippen LogP contribution in [0.1, 0.15) is 30.7 Å². The number of fused-ring (bicyclic) bond motifs is 1. The van der Waals surface area contributed by atoms with Crippen molar-refractivity contribution in [1.82, 2.24) is 9.88 Å². The van der Waals surface area contributed by atoms with Crippen LogP contribution in [0, 0.1) is 0 Å². The van der Waals surface area contributed by atoms with Crippen molar-refractivity contribution in [2.24, 2.45) is 0 Å². The third-order valence-electron chi connectivity index (χ3n) is 4.05. The predicted molar refractivity (Wildman–Crippen MR) is 92.6 cm³/mol. The number of halogens is 1. The monoisotopic (exact) mass is 396 g/mol. The van der Waals surface area contributed by atoms with E-state index in [9.17, 15) is 14.7 Å². The van der Waals surface area contributed by atoms with Crippen LogP contribution in [-0.4, -0.2) is 39.5 Å². The fourth-order valence-corrected chi connectivity index (χ4v) is 4.20. The maximum Gasteiger partial charge on any atom is 0.326 e. The van der Waals surface area contributed by atoms with Crippen molar-refractivity contribution < 1.29 is 14.7 Å². The van der Waals surface area contributed by atoms with Gasteiger partial charge >= 0.3 is 5.97 Å². The van der Waals surface area contributed by atoms with Crippen LogP contribution in [-0.2, 0) is 16.0 Å². The van der Waals surface area contributed by atoms with Gasteiger partial charge in [0, 0.05) is 23.9 Å². The number of hydrogen-bond acceptors (Lipinski definition) is 4. The summed E-state index contributed by atoms with van der Waals surface area (Å²) in [6.07, 6.45) is 3.16. The normalized spacial score (nSPS) is 18.3. The number of carboxylic acid groups (broad SMARTS) is 1. The number of hydrogen-bond donors (Lipinski definition) is 1. The first-order chi connectivity index (χ1) is 11.0. The lowest BCUT2D eigenvalue weighted by atomic mass is 10.0. The molecule has 0 bridgehead atoms. The van der Waals surface area contributed by atoms with E-state index < -0.39 is 12.0 Å². The molecule has 0 saturated carbocycles.